The average molecular weight is 224 g/mol. The highest BCUT2D eigenvalue weighted by molar-refractivity contribution is 5.77. The lowest BCUT2D eigenvalue weighted by Crippen LogP contribution is -2.45. The molecule has 0 aliphatic carbocycles. The van der Waals surface area contributed by atoms with E-state index in [1.807, 2.05) is 0 Å². The maximum atomic E-state index is 12.4. The van der Waals surface area contributed by atoms with Gasteiger partial charge in [0, 0.05) is 13.6 Å². The number of carbonyl (C=O) groups is 1. The monoisotopic (exact) mass is 224 g/mol. The van der Waals surface area contributed by atoms with Crippen LogP contribution in [0.3, 0.4) is 0 Å². The molecule has 6 heteroatoms. The van der Waals surface area contributed by atoms with Crippen molar-refractivity contribution in [3.63, 3.8) is 0 Å². The standard InChI is InChI=1S/C9H15F3N2O/c1-13-8(15)6-14-4-2-3-7(5-14)9(10,11)12/h7H,2-6H2,1H3,(H,13,15). The third-order valence-corrected chi connectivity index (χ3v) is 2.61. The summed E-state index contributed by atoms with van der Waals surface area (Å²) in [6, 6.07) is 0. The topological polar surface area (TPSA) is 32.3 Å². The Balaban J connectivity index is 2.46. The minimum atomic E-state index is -4.14. The summed E-state index contributed by atoms with van der Waals surface area (Å²) >= 11 is 0. The van der Waals surface area contributed by atoms with E-state index in [1.165, 1.54) is 7.05 Å². The molecule has 1 unspecified atom stereocenters. The van der Waals surface area contributed by atoms with E-state index < -0.39 is 12.1 Å². The van der Waals surface area contributed by atoms with Gasteiger partial charge in [-0.1, -0.05) is 0 Å². The van der Waals surface area contributed by atoms with Gasteiger partial charge in [0.15, 0.2) is 0 Å². The van der Waals surface area contributed by atoms with E-state index in [9.17, 15) is 18.0 Å². The molecule has 0 radical (unpaired) electrons. The second-order valence-corrected chi connectivity index (χ2v) is 3.79. The van der Waals surface area contributed by atoms with Gasteiger partial charge in [0.25, 0.3) is 0 Å². The molecule has 0 aromatic rings. The maximum absolute atomic E-state index is 12.4. The van der Waals surface area contributed by atoms with Crippen LogP contribution < -0.4 is 5.32 Å². The molecular weight excluding hydrogens is 209 g/mol. The fourth-order valence-corrected chi connectivity index (χ4v) is 1.75. The first kappa shape index (κ1) is 12.3. The molecule has 1 aliphatic heterocycles. The van der Waals surface area contributed by atoms with Crippen LogP contribution in [0.4, 0.5) is 13.2 Å². The molecule has 0 aromatic carbocycles. The first-order chi connectivity index (χ1) is 6.93. The lowest BCUT2D eigenvalue weighted by Gasteiger charge is -2.33. The summed E-state index contributed by atoms with van der Waals surface area (Å²) in [7, 11) is 1.48. The highest BCUT2D eigenvalue weighted by atomic mass is 19.4. The zero-order chi connectivity index (χ0) is 11.5. The zero-order valence-corrected chi connectivity index (χ0v) is 8.60. The van der Waals surface area contributed by atoms with Crippen LogP contribution in [0.15, 0.2) is 0 Å². The molecule has 1 amide bonds. The number of alkyl halides is 3. The van der Waals surface area contributed by atoms with Crippen LogP contribution in [0.1, 0.15) is 12.8 Å². The molecule has 1 atom stereocenters. The van der Waals surface area contributed by atoms with Crippen molar-refractivity contribution in [3.8, 4) is 0 Å². The lowest BCUT2D eigenvalue weighted by molar-refractivity contribution is -0.187. The first-order valence-corrected chi connectivity index (χ1v) is 4.93. The molecule has 1 saturated heterocycles. The van der Waals surface area contributed by atoms with Crippen molar-refractivity contribution in [2.75, 3.05) is 26.7 Å². The number of nitrogens with zero attached hydrogens (tertiary/aromatic N) is 1. The van der Waals surface area contributed by atoms with E-state index in [-0.39, 0.29) is 25.4 Å². The summed E-state index contributed by atoms with van der Waals surface area (Å²) in [6.07, 6.45) is -3.46. The van der Waals surface area contributed by atoms with Crippen LogP contribution in [0.2, 0.25) is 0 Å². The summed E-state index contributed by atoms with van der Waals surface area (Å²) in [5.41, 5.74) is 0. The molecule has 1 rings (SSSR count). The van der Waals surface area contributed by atoms with Crippen LogP contribution in [0.5, 0.6) is 0 Å². The number of likely N-dealkylation sites (tertiary alicyclic amines) is 1. The smallest absolute Gasteiger partial charge is 0.358 e. The van der Waals surface area contributed by atoms with Crippen molar-refractivity contribution >= 4 is 5.91 Å². The van der Waals surface area contributed by atoms with Gasteiger partial charge in [-0.05, 0) is 19.4 Å². The van der Waals surface area contributed by atoms with E-state index in [0.717, 1.165) is 0 Å². The fourth-order valence-electron chi connectivity index (χ4n) is 1.75. The second-order valence-electron chi connectivity index (χ2n) is 3.79. The maximum Gasteiger partial charge on any atom is 0.393 e. The first-order valence-electron chi connectivity index (χ1n) is 4.93. The van der Waals surface area contributed by atoms with Gasteiger partial charge in [-0.2, -0.15) is 13.2 Å². The van der Waals surface area contributed by atoms with Crippen molar-refractivity contribution in [2.45, 2.75) is 19.0 Å². The molecule has 1 fully saturated rings. The van der Waals surface area contributed by atoms with E-state index in [2.05, 4.69) is 5.32 Å². The van der Waals surface area contributed by atoms with Gasteiger partial charge in [0.05, 0.1) is 12.5 Å². The highest BCUT2D eigenvalue weighted by Gasteiger charge is 2.41. The van der Waals surface area contributed by atoms with Crippen LogP contribution in [-0.4, -0.2) is 43.7 Å². The van der Waals surface area contributed by atoms with E-state index in [4.69, 9.17) is 0 Å². The van der Waals surface area contributed by atoms with Gasteiger partial charge >= 0.3 is 6.18 Å². The second kappa shape index (κ2) is 4.83. The molecule has 1 heterocycles. The zero-order valence-electron chi connectivity index (χ0n) is 8.60. The summed E-state index contributed by atoms with van der Waals surface area (Å²) < 4.78 is 37.2. The van der Waals surface area contributed by atoms with Crippen molar-refractivity contribution in [3.05, 3.63) is 0 Å². The predicted molar refractivity (Wildman–Crippen MR) is 49.3 cm³/mol. The minimum absolute atomic E-state index is 0.0586. The Labute approximate surface area is 86.6 Å². The van der Waals surface area contributed by atoms with Gasteiger partial charge in [0.2, 0.25) is 5.91 Å². The fraction of sp³-hybridized carbons (Fsp3) is 0.889. The third-order valence-electron chi connectivity index (χ3n) is 2.61. The molecule has 0 spiro atoms. The van der Waals surface area contributed by atoms with Crippen LogP contribution in [0, 0.1) is 5.92 Å². The number of amides is 1. The number of rotatable bonds is 2. The van der Waals surface area contributed by atoms with Crippen molar-refractivity contribution < 1.29 is 18.0 Å². The van der Waals surface area contributed by atoms with Gasteiger partial charge in [-0.3, -0.25) is 9.69 Å². The van der Waals surface area contributed by atoms with Crippen LogP contribution in [-0.2, 0) is 4.79 Å². The minimum Gasteiger partial charge on any atom is -0.358 e. The number of hydrogen-bond acceptors (Lipinski definition) is 2. The Morgan fingerprint density at radius 2 is 2.20 bits per heavy atom. The summed E-state index contributed by atoms with van der Waals surface area (Å²) in [5.74, 6) is -1.52. The SMILES string of the molecule is CNC(=O)CN1CCCC(C(F)(F)F)C1. The molecule has 0 saturated carbocycles. The van der Waals surface area contributed by atoms with Gasteiger partial charge in [-0.25, -0.2) is 0 Å². The van der Waals surface area contributed by atoms with Crippen LogP contribution >= 0.6 is 0 Å². The predicted octanol–water partition coefficient (Wildman–Crippen LogP) is 1.01. The molecule has 1 aliphatic rings. The Bertz CT molecular complexity index is 230. The number of nitrogens with one attached hydrogen (secondary N) is 1. The normalized spacial score (nSPS) is 23.9. The third kappa shape index (κ3) is 3.70. The largest absolute Gasteiger partial charge is 0.393 e. The Kier molecular flexibility index (Phi) is 3.96. The Hall–Kier alpha value is -0.780. The molecule has 0 bridgehead atoms. The van der Waals surface area contributed by atoms with E-state index in [0.29, 0.717) is 13.0 Å². The number of piperidine rings is 1. The summed E-state index contributed by atoms with van der Waals surface area (Å²) in [4.78, 5) is 12.6. The molecule has 1 N–H and O–H groups in total. The Morgan fingerprint density at radius 1 is 1.53 bits per heavy atom. The molecule has 3 nitrogen and oxygen atoms in total. The van der Waals surface area contributed by atoms with Crippen molar-refractivity contribution in [2.24, 2.45) is 5.92 Å². The van der Waals surface area contributed by atoms with Crippen LogP contribution in [0.25, 0.3) is 0 Å². The van der Waals surface area contributed by atoms with E-state index >= 15 is 0 Å². The van der Waals surface area contributed by atoms with Gasteiger partial charge in [0.1, 0.15) is 0 Å². The number of hydrogen-bond donors (Lipinski definition) is 1. The summed E-state index contributed by atoms with van der Waals surface area (Å²) in [5, 5.41) is 2.40. The average Bonchev–Trinajstić information content (AvgIpc) is 2.17. The molecule has 0 aromatic heterocycles. The van der Waals surface area contributed by atoms with Crippen molar-refractivity contribution in [1.82, 2.24) is 10.2 Å². The van der Waals surface area contributed by atoms with Crippen molar-refractivity contribution in [1.29, 1.82) is 0 Å². The summed E-state index contributed by atoms with van der Waals surface area (Å²) in [6.45, 7) is 0.569. The van der Waals surface area contributed by atoms with Gasteiger partial charge < -0.3 is 5.32 Å². The molecular formula is C9H15F3N2O. The van der Waals surface area contributed by atoms with Gasteiger partial charge in [-0.15, -0.1) is 0 Å². The number of carbonyl (C=O) groups excluding carboxylic acids is 1. The molecule has 88 valence electrons. The number of halogens is 3. The highest BCUT2D eigenvalue weighted by Crippen LogP contribution is 2.32. The molecule has 15 heavy (non-hydrogen) atoms. The number of likely N-dealkylation sites (N-methyl/N-ethyl adjacent to an activating group) is 1. The van der Waals surface area contributed by atoms with E-state index in [1.54, 1.807) is 4.90 Å². The Morgan fingerprint density at radius 3 is 2.73 bits per heavy atom. The lowest BCUT2D eigenvalue weighted by atomic mass is 9.97. The quantitative estimate of drug-likeness (QED) is 0.759.